The molecule has 0 aliphatic carbocycles. The van der Waals surface area contributed by atoms with Gasteiger partial charge in [0.05, 0.1) is 12.1 Å². The number of thiophene rings is 1. The number of nitrogens with zero attached hydrogens (tertiary/aromatic N) is 2. The molecule has 8 nitrogen and oxygen atoms in total. The zero-order valence-electron chi connectivity index (χ0n) is 20.6. The maximum atomic E-state index is 12.9. The Morgan fingerprint density at radius 1 is 1.14 bits per heavy atom. The standard InChI is InChI=1S/C27H26ClN5O3S/c1-14-15(2)37-27-23(14)24(18-8-10-20(28)11-9-18)32-21(25(30)33(27)16(3)29)12-22(34)36-13-17-4-6-19(7-5-17)26(31)35/h4-11,21,29-30H,12-13H2,1-3H3,(H2,31,35)/t21-/m0/s1. The number of nitrogens with one attached hydrogen (secondary N) is 2. The summed E-state index contributed by atoms with van der Waals surface area (Å²) < 4.78 is 5.47. The molecule has 2 heterocycles. The third kappa shape index (κ3) is 5.47. The number of primary amides is 1. The van der Waals surface area contributed by atoms with Crippen LogP contribution in [0.3, 0.4) is 0 Å². The highest BCUT2D eigenvalue weighted by atomic mass is 35.5. The Kier molecular flexibility index (Phi) is 7.56. The number of aryl methyl sites for hydroxylation is 1. The van der Waals surface area contributed by atoms with Crippen molar-refractivity contribution in [3.05, 3.63) is 86.2 Å². The molecule has 3 aromatic rings. The van der Waals surface area contributed by atoms with Gasteiger partial charge in [-0.1, -0.05) is 35.9 Å². The number of nitrogens with two attached hydrogens (primary N) is 1. The average Bonchev–Trinajstić information content (AvgIpc) is 3.07. The summed E-state index contributed by atoms with van der Waals surface area (Å²) in [5.74, 6) is -0.877. The van der Waals surface area contributed by atoms with Crippen molar-refractivity contribution in [2.24, 2.45) is 10.7 Å². The zero-order valence-corrected chi connectivity index (χ0v) is 22.2. The van der Waals surface area contributed by atoms with Crippen LogP contribution in [-0.4, -0.2) is 35.3 Å². The molecule has 0 saturated heterocycles. The maximum absolute atomic E-state index is 12.9. The fourth-order valence-corrected chi connectivity index (χ4v) is 5.38. The Labute approximate surface area is 223 Å². The third-order valence-corrected chi connectivity index (χ3v) is 7.54. The molecule has 0 spiro atoms. The molecule has 0 bridgehead atoms. The van der Waals surface area contributed by atoms with Gasteiger partial charge in [0.2, 0.25) is 5.91 Å². The predicted octanol–water partition coefficient (Wildman–Crippen LogP) is 5.25. The predicted molar refractivity (Wildman–Crippen MR) is 148 cm³/mol. The molecule has 1 aromatic heterocycles. The van der Waals surface area contributed by atoms with Gasteiger partial charge in [-0.3, -0.25) is 30.3 Å². The molecule has 0 radical (unpaired) electrons. The van der Waals surface area contributed by atoms with E-state index < -0.39 is 17.9 Å². The van der Waals surface area contributed by atoms with Crippen LogP contribution >= 0.6 is 22.9 Å². The van der Waals surface area contributed by atoms with Gasteiger partial charge in [0.15, 0.2) is 0 Å². The molecule has 0 saturated carbocycles. The van der Waals surface area contributed by atoms with Gasteiger partial charge < -0.3 is 10.5 Å². The summed E-state index contributed by atoms with van der Waals surface area (Å²) in [7, 11) is 0. The van der Waals surface area contributed by atoms with Crippen molar-refractivity contribution in [3.8, 4) is 0 Å². The number of hydrogen-bond acceptors (Lipinski definition) is 7. The topological polar surface area (TPSA) is 133 Å². The number of hydrogen-bond donors (Lipinski definition) is 3. The van der Waals surface area contributed by atoms with Crippen molar-refractivity contribution in [3.63, 3.8) is 0 Å². The lowest BCUT2D eigenvalue weighted by Gasteiger charge is -2.24. The molecule has 190 valence electrons. The monoisotopic (exact) mass is 535 g/mol. The Hall–Kier alpha value is -3.82. The summed E-state index contributed by atoms with van der Waals surface area (Å²) in [6.07, 6.45) is -0.175. The van der Waals surface area contributed by atoms with E-state index >= 15 is 0 Å². The van der Waals surface area contributed by atoms with Gasteiger partial charge in [0.1, 0.15) is 29.3 Å². The Balaban J connectivity index is 1.66. The first kappa shape index (κ1) is 26.2. The van der Waals surface area contributed by atoms with Crippen LogP contribution in [0.25, 0.3) is 0 Å². The first-order chi connectivity index (χ1) is 17.6. The number of amides is 1. The number of fused-ring (bicyclic) bond motifs is 1. The second-order valence-electron chi connectivity index (χ2n) is 8.70. The molecule has 37 heavy (non-hydrogen) atoms. The number of rotatable bonds is 6. The van der Waals surface area contributed by atoms with Crippen LogP contribution in [0.4, 0.5) is 5.00 Å². The molecular formula is C27H26ClN5O3S. The van der Waals surface area contributed by atoms with E-state index in [1.807, 2.05) is 26.0 Å². The van der Waals surface area contributed by atoms with E-state index in [1.165, 1.54) is 11.3 Å². The summed E-state index contributed by atoms with van der Waals surface area (Å²) in [6.45, 7) is 5.61. The molecule has 1 aliphatic rings. The first-order valence-corrected chi connectivity index (χ1v) is 12.7. The number of anilines is 1. The Morgan fingerprint density at radius 2 is 1.78 bits per heavy atom. The van der Waals surface area contributed by atoms with Gasteiger partial charge in [-0.2, -0.15) is 0 Å². The minimum atomic E-state index is -0.866. The number of ether oxygens (including phenoxy) is 1. The third-order valence-electron chi connectivity index (χ3n) is 6.10. The second-order valence-corrected chi connectivity index (χ2v) is 10.3. The molecule has 4 N–H and O–H groups in total. The average molecular weight is 536 g/mol. The molecule has 0 unspecified atom stereocenters. The van der Waals surface area contributed by atoms with Gasteiger partial charge in [0, 0.05) is 26.6 Å². The number of halogens is 1. The van der Waals surface area contributed by atoms with E-state index in [2.05, 4.69) is 0 Å². The van der Waals surface area contributed by atoms with Crippen molar-refractivity contribution < 1.29 is 14.3 Å². The molecular weight excluding hydrogens is 510 g/mol. The van der Waals surface area contributed by atoms with E-state index in [-0.39, 0.29) is 24.7 Å². The lowest BCUT2D eigenvalue weighted by molar-refractivity contribution is -0.145. The number of amidine groups is 2. The lowest BCUT2D eigenvalue weighted by Crippen LogP contribution is -2.41. The van der Waals surface area contributed by atoms with E-state index in [4.69, 9.17) is 37.9 Å². The van der Waals surface area contributed by atoms with Gasteiger partial charge in [-0.05, 0) is 56.2 Å². The van der Waals surface area contributed by atoms with Gasteiger partial charge in [-0.25, -0.2) is 0 Å². The highest BCUT2D eigenvalue weighted by Crippen LogP contribution is 2.40. The van der Waals surface area contributed by atoms with E-state index in [0.29, 0.717) is 21.9 Å². The van der Waals surface area contributed by atoms with Crippen LogP contribution in [0.2, 0.25) is 5.02 Å². The molecule has 2 aromatic carbocycles. The van der Waals surface area contributed by atoms with Crippen LogP contribution < -0.4 is 10.6 Å². The van der Waals surface area contributed by atoms with Crippen LogP contribution in [-0.2, 0) is 16.1 Å². The highest BCUT2D eigenvalue weighted by molar-refractivity contribution is 7.17. The van der Waals surface area contributed by atoms with Gasteiger partial charge >= 0.3 is 5.97 Å². The summed E-state index contributed by atoms with van der Waals surface area (Å²) in [6, 6.07) is 12.9. The quantitative estimate of drug-likeness (QED) is 0.226. The number of aliphatic imine (C=N–C) groups is 1. The minimum absolute atomic E-state index is 0.00460. The molecule has 1 aliphatic heterocycles. The maximum Gasteiger partial charge on any atom is 0.308 e. The number of benzene rings is 2. The van der Waals surface area contributed by atoms with E-state index in [9.17, 15) is 9.59 Å². The fourth-order valence-electron chi connectivity index (χ4n) is 4.03. The summed E-state index contributed by atoms with van der Waals surface area (Å²) in [4.78, 5) is 31.6. The highest BCUT2D eigenvalue weighted by Gasteiger charge is 2.35. The molecule has 4 rings (SSSR count). The van der Waals surface area contributed by atoms with Gasteiger partial charge in [-0.15, -0.1) is 11.3 Å². The van der Waals surface area contributed by atoms with E-state index in [1.54, 1.807) is 48.2 Å². The van der Waals surface area contributed by atoms with Crippen molar-refractivity contribution >= 4 is 57.2 Å². The van der Waals surface area contributed by atoms with Crippen molar-refractivity contribution in [1.29, 1.82) is 10.8 Å². The summed E-state index contributed by atoms with van der Waals surface area (Å²) in [5.41, 5.74) is 9.63. The Morgan fingerprint density at radius 3 is 2.38 bits per heavy atom. The number of carbonyl (C=O) groups excluding carboxylic acids is 2. The smallest absolute Gasteiger partial charge is 0.308 e. The normalized spacial score (nSPS) is 15.0. The minimum Gasteiger partial charge on any atom is -0.461 e. The molecule has 0 fully saturated rings. The lowest BCUT2D eigenvalue weighted by atomic mass is 9.99. The molecule has 1 amide bonds. The van der Waals surface area contributed by atoms with Crippen molar-refractivity contribution in [1.82, 2.24) is 0 Å². The van der Waals surface area contributed by atoms with Crippen LogP contribution in [0.1, 0.15) is 50.8 Å². The SMILES string of the molecule is CC(=N)N1C(=N)[C@H](CC(=O)OCc2ccc(C(N)=O)cc2)N=C(c2ccc(Cl)cc2)c2c1sc(C)c2C. The van der Waals surface area contributed by atoms with Crippen molar-refractivity contribution in [2.45, 2.75) is 39.8 Å². The molecule has 10 heteroatoms. The summed E-state index contributed by atoms with van der Waals surface area (Å²) in [5, 5.41) is 18.7. The zero-order chi connectivity index (χ0) is 26.9. The fraction of sp³-hybridized carbons (Fsp3) is 0.222. The second kappa shape index (κ2) is 10.7. The first-order valence-electron chi connectivity index (χ1n) is 11.5. The Bertz CT molecular complexity index is 1430. The van der Waals surface area contributed by atoms with Crippen LogP contribution in [0.15, 0.2) is 53.5 Å². The van der Waals surface area contributed by atoms with Gasteiger partial charge in [0.25, 0.3) is 0 Å². The largest absolute Gasteiger partial charge is 0.461 e. The van der Waals surface area contributed by atoms with Crippen LogP contribution in [0, 0.1) is 24.7 Å². The number of esters is 1. The van der Waals surface area contributed by atoms with Crippen LogP contribution in [0.5, 0.6) is 0 Å². The summed E-state index contributed by atoms with van der Waals surface area (Å²) >= 11 is 7.61. The number of carbonyl (C=O) groups is 2. The molecule has 1 atom stereocenters. The van der Waals surface area contributed by atoms with Crippen molar-refractivity contribution in [2.75, 3.05) is 4.90 Å². The van der Waals surface area contributed by atoms with E-state index in [0.717, 1.165) is 26.6 Å².